The van der Waals surface area contributed by atoms with Gasteiger partial charge in [-0.3, -0.25) is 4.98 Å². The summed E-state index contributed by atoms with van der Waals surface area (Å²) in [5, 5.41) is 5.70. The smallest absolute Gasteiger partial charge is 0.146 e. The molecule has 0 aliphatic rings. The Morgan fingerprint density at radius 1 is 1.10 bits per heavy atom. The van der Waals surface area contributed by atoms with Crippen LogP contribution in [0.25, 0.3) is 10.8 Å². The zero-order valence-corrected chi connectivity index (χ0v) is 11.9. The highest BCUT2D eigenvalue weighted by Crippen LogP contribution is 2.26. The lowest BCUT2D eigenvalue weighted by Crippen LogP contribution is -2.23. The molecule has 0 saturated heterocycles. The Hall–Kier alpha value is -2.26. The highest BCUT2D eigenvalue weighted by molar-refractivity contribution is 5.83. The molecule has 1 aromatic heterocycles. The fraction of sp³-hybridized carbons (Fsp3) is 0.167. The van der Waals surface area contributed by atoms with Gasteiger partial charge >= 0.3 is 0 Å². The first-order valence-corrected chi connectivity index (χ1v) is 7.11. The fourth-order valence-corrected chi connectivity index (χ4v) is 2.62. The van der Waals surface area contributed by atoms with Crippen molar-refractivity contribution in [1.29, 1.82) is 0 Å². The number of benzene rings is 2. The predicted molar refractivity (Wildman–Crippen MR) is 83.7 cm³/mol. The molecule has 1 N–H and O–H groups in total. The molecular weight excluding hydrogens is 263 g/mol. The second-order valence-corrected chi connectivity index (χ2v) is 4.99. The second-order valence-electron chi connectivity index (χ2n) is 4.99. The average molecular weight is 280 g/mol. The average Bonchev–Trinajstić information content (AvgIpc) is 2.53. The van der Waals surface area contributed by atoms with E-state index in [1.165, 1.54) is 11.6 Å². The molecule has 3 aromatic rings. The lowest BCUT2D eigenvalue weighted by Gasteiger charge is -2.19. The van der Waals surface area contributed by atoms with Gasteiger partial charge in [-0.15, -0.1) is 0 Å². The zero-order valence-electron chi connectivity index (χ0n) is 11.9. The van der Waals surface area contributed by atoms with Gasteiger partial charge in [-0.05, 0) is 35.0 Å². The van der Waals surface area contributed by atoms with Gasteiger partial charge in [0.05, 0.1) is 12.2 Å². The van der Waals surface area contributed by atoms with Crippen LogP contribution < -0.4 is 5.32 Å². The van der Waals surface area contributed by atoms with E-state index in [1.54, 1.807) is 12.3 Å². The SMILES string of the molecule is CCNC(c1ccc2ccccc2c1)c1ccncc1F. The number of nitrogens with one attached hydrogen (secondary N) is 1. The summed E-state index contributed by atoms with van der Waals surface area (Å²) in [6.07, 6.45) is 2.89. The van der Waals surface area contributed by atoms with Crippen LogP contribution >= 0.6 is 0 Å². The third-order valence-corrected chi connectivity index (χ3v) is 3.63. The molecule has 0 spiro atoms. The van der Waals surface area contributed by atoms with E-state index in [0.29, 0.717) is 5.56 Å². The maximum Gasteiger partial charge on any atom is 0.146 e. The molecule has 0 bridgehead atoms. The van der Waals surface area contributed by atoms with Crippen LogP contribution in [-0.4, -0.2) is 11.5 Å². The molecule has 21 heavy (non-hydrogen) atoms. The molecule has 0 aliphatic carbocycles. The number of rotatable bonds is 4. The molecule has 106 valence electrons. The van der Waals surface area contributed by atoms with Gasteiger partial charge in [0.25, 0.3) is 0 Å². The minimum atomic E-state index is -0.281. The summed E-state index contributed by atoms with van der Waals surface area (Å²) in [6.45, 7) is 2.78. The van der Waals surface area contributed by atoms with Crippen molar-refractivity contribution in [2.45, 2.75) is 13.0 Å². The second kappa shape index (κ2) is 6.02. The first-order chi connectivity index (χ1) is 10.3. The van der Waals surface area contributed by atoms with Gasteiger partial charge in [0, 0.05) is 11.8 Å². The molecule has 0 saturated carbocycles. The van der Waals surface area contributed by atoms with Gasteiger partial charge in [0.2, 0.25) is 0 Å². The van der Waals surface area contributed by atoms with Gasteiger partial charge in [0.15, 0.2) is 0 Å². The van der Waals surface area contributed by atoms with E-state index >= 15 is 0 Å². The molecule has 2 aromatic carbocycles. The Morgan fingerprint density at radius 3 is 2.67 bits per heavy atom. The van der Waals surface area contributed by atoms with Crippen molar-refractivity contribution in [2.24, 2.45) is 0 Å². The normalized spacial score (nSPS) is 12.5. The summed E-state index contributed by atoms with van der Waals surface area (Å²) in [4.78, 5) is 3.83. The first kappa shape index (κ1) is 13.7. The van der Waals surface area contributed by atoms with Crippen molar-refractivity contribution >= 4 is 10.8 Å². The lowest BCUT2D eigenvalue weighted by molar-refractivity contribution is 0.555. The molecule has 0 amide bonds. The molecule has 1 atom stereocenters. The number of fused-ring (bicyclic) bond motifs is 1. The standard InChI is InChI=1S/C18H17FN2/c1-2-21-18(16-9-10-20-12-17(16)19)15-8-7-13-5-3-4-6-14(13)11-15/h3-12,18,21H,2H2,1H3. The highest BCUT2D eigenvalue weighted by atomic mass is 19.1. The molecule has 0 radical (unpaired) electrons. The molecule has 0 fully saturated rings. The third-order valence-electron chi connectivity index (χ3n) is 3.63. The molecule has 2 nitrogen and oxygen atoms in total. The van der Waals surface area contributed by atoms with E-state index in [4.69, 9.17) is 0 Å². The van der Waals surface area contributed by atoms with Crippen LogP contribution in [0.2, 0.25) is 0 Å². The maximum atomic E-state index is 14.1. The van der Waals surface area contributed by atoms with E-state index in [1.807, 2.05) is 19.1 Å². The number of hydrogen-bond acceptors (Lipinski definition) is 2. The molecule has 1 heterocycles. The van der Waals surface area contributed by atoms with Crippen molar-refractivity contribution in [3.8, 4) is 0 Å². The molecule has 3 heteroatoms. The summed E-state index contributed by atoms with van der Waals surface area (Å²) in [6, 6.07) is 16.0. The van der Waals surface area contributed by atoms with Gasteiger partial charge in [-0.1, -0.05) is 43.3 Å². The van der Waals surface area contributed by atoms with Crippen LogP contribution in [0.15, 0.2) is 60.9 Å². The van der Waals surface area contributed by atoms with Crippen LogP contribution in [0.3, 0.4) is 0 Å². The molecular formula is C18H17FN2. The van der Waals surface area contributed by atoms with Gasteiger partial charge in [-0.2, -0.15) is 0 Å². The first-order valence-electron chi connectivity index (χ1n) is 7.11. The minimum Gasteiger partial charge on any atom is -0.306 e. The Balaban J connectivity index is 2.09. The number of nitrogens with zero attached hydrogens (tertiary/aromatic N) is 1. The summed E-state index contributed by atoms with van der Waals surface area (Å²) in [5.41, 5.74) is 1.68. The number of halogens is 1. The lowest BCUT2D eigenvalue weighted by atomic mass is 9.96. The molecule has 3 rings (SSSR count). The van der Waals surface area contributed by atoms with Gasteiger partial charge in [0.1, 0.15) is 5.82 Å². The minimum absolute atomic E-state index is 0.164. The van der Waals surface area contributed by atoms with E-state index in [0.717, 1.165) is 17.5 Å². The van der Waals surface area contributed by atoms with Crippen LogP contribution in [0.4, 0.5) is 4.39 Å². The maximum absolute atomic E-state index is 14.1. The summed E-state index contributed by atoms with van der Waals surface area (Å²) < 4.78 is 14.1. The zero-order chi connectivity index (χ0) is 14.7. The van der Waals surface area contributed by atoms with E-state index in [2.05, 4.69) is 40.6 Å². The topological polar surface area (TPSA) is 24.9 Å². The van der Waals surface area contributed by atoms with Crippen LogP contribution in [-0.2, 0) is 0 Å². The summed E-state index contributed by atoms with van der Waals surface area (Å²) in [7, 11) is 0. The van der Waals surface area contributed by atoms with Crippen LogP contribution in [0.1, 0.15) is 24.1 Å². The van der Waals surface area contributed by atoms with Crippen LogP contribution in [0.5, 0.6) is 0 Å². The van der Waals surface area contributed by atoms with Crippen molar-refractivity contribution in [3.05, 3.63) is 77.9 Å². The number of aromatic nitrogens is 1. The van der Waals surface area contributed by atoms with E-state index < -0.39 is 0 Å². The quantitative estimate of drug-likeness (QED) is 0.779. The monoisotopic (exact) mass is 280 g/mol. The van der Waals surface area contributed by atoms with Gasteiger partial charge in [-0.25, -0.2) is 4.39 Å². The van der Waals surface area contributed by atoms with Gasteiger partial charge < -0.3 is 5.32 Å². The Bertz CT molecular complexity index is 755. The van der Waals surface area contributed by atoms with E-state index in [9.17, 15) is 4.39 Å². The van der Waals surface area contributed by atoms with Crippen molar-refractivity contribution in [2.75, 3.05) is 6.54 Å². The predicted octanol–water partition coefficient (Wildman–Crippen LogP) is 4.07. The summed E-state index contributed by atoms with van der Waals surface area (Å²) >= 11 is 0. The Morgan fingerprint density at radius 2 is 1.90 bits per heavy atom. The van der Waals surface area contributed by atoms with Crippen molar-refractivity contribution in [3.63, 3.8) is 0 Å². The van der Waals surface area contributed by atoms with Crippen molar-refractivity contribution < 1.29 is 4.39 Å². The summed E-state index contributed by atoms with van der Waals surface area (Å²) in [5.74, 6) is -0.281. The highest BCUT2D eigenvalue weighted by Gasteiger charge is 2.17. The largest absolute Gasteiger partial charge is 0.306 e. The molecule has 0 aliphatic heterocycles. The third kappa shape index (κ3) is 2.78. The fourth-order valence-electron chi connectivity index (χ4n) is 2.62. The number of pyridine rings is 1. The molecule has 1 unspecified atom stereocenters. The van der Waals surface area contributed by atoms with Crippen LogP contribution in [0, 0.1) is 5.82 Å². The number of hydrogen-bond donors (Lipinski definition) is 1. The van der Waals surface area contributed by atoms with E-state index in [-0.39, 0.29) is 11.9 Å². The Kier molecular flexibility index (Phi) is 3.93. The Labute approximate surface area is 123 Å². The van der Waals surface area contributed by atoms with Crippen molar-refractivity contribution in [1.82, 2.24) is 10.3 Å².